The fourth-order valence-electron chi connectivity index (χ4n) is 3.35. The Morgan fingerprint density at radius 1 is 1.26 bits per heavy atom. The number of halogens is 2. The van der Waals surface area contributed by atoms with Gasteiger partial charge in [0.05, 0.1) is 10.0 Å². The molecular formula is C19H25Cl2N5O. The molecule has 0 unspecified atom stereocenters. The zero-order valence-corrected chi connectivity index (χ0v) is 17.4. The Morgan fingerprint density at radius 2 is 1.89 bits per heavy atom. The highest BCUT2D eigenvalue weighted by atomic mass is 35.5. The van der Waals surface area contributed by atoms with Gasteiger partial charge in [0.1, 0.15) is 11.5 Å². The molecule has 1 aromatic heterocycles. The Bertz CT molecular complexity index is 792. The number of carbonyl (C=O) groups is 1. The number of rotatable bonds is 5. The Kier molecular flexibility index (Phi) is 6.40. The molecule has 3 rings (SSSR count). The summed E-state index contributed by atoms with van der Waals surface area (Å²) in [6.45, 7) is 8.32. The summed E-state index contributed by atoms with van der Waals surface area (Å²) in [4.78, 5) is 19.5. The summed E-state index contributed by atoms with van der Waals surface area (Å²) < 4.78 is 1.57. The van der Waals surface area contributed by atoms with Gasteiger partial charge in [-0.1, -0.05) is 36.2 Å². The fourth-order valence-corrected chi connectivity index (χ4v) is 3.91. The molecule has 6 nitrogen and oxygen atoms in total. The molecule has 146 valence electrons. The maximum absolute atomic E-state index is 12.7. The highest BCUT2D eigenvalue weighted by Gasteiger charge is 2.25. The van der Waals surface area contributed by atoms with Crippen molar-refractivity contribution in [2.45, 2.75) is 52.1 Å². The minimum Gasteiger partial charge on any atom is -0.346 e. The number of aryl methyl sites for hydroxylation is 1. The van der Waals surface area contributed by atoms with Crippen LogP contribution in [0.3, 0.4) is 0 Å². The maximum Gasteiger partial charge on any atom is 0.291 e. The summed E-state index contributed by atoms with van der Waals surface area (Å²) in [6.07, 6.45) is 2.47. The van der Waals surface area contributed by atoms with E-state index in [1.807, 2.05) is 6.92 Å². The second-order valence-corrected chi connectivity index (χ2v) is 7.88. The Hall–Kier alpha value is -1.63. The van der Waals surface area contributed by atoms with Crippen LogP contribution in [-0.2, 0) is 6.42 Å². The molecule has 1 amide bonds. The lowest BCUT2D eigenvalue weighted by atomic mass is 10.0. The van der Waals surface area contributed by atoms with Gasteiger partial charge in [-0.25, -0.2) is 9.67 Å². The van der Waals surface area contributed by atoms with Gasteiger partial charge in [-0.2, -0.15) is 0 Å². The third-order valence-electron chi connectivity index (χ3n) is 4.94. The summed E-state index contributed by atoms with van der Waals surface area (Å²) in [5.74, 6) is 0.536. The van der Waals surface area contributed by atoms with E-state index in [-0.39, 0.29) is 17.8 Å². The molecule has 1 saturated heterocycles. The van der Waals surface area contributed by atoms with Crippen LogP contribution in [0.2, 0.25) is 10.0 Å². The minimum absolute atomic E-state index is 0.147. The number of hydrogen-bond donors (Lipinski definition) is 1. The smallest absolute Gasteiger partial charge is 0.291 e. The summed E-state index contributed by atoms with van der Waals surface area (Å²) >= 11 is 12.6. The maximum atomic E-state index is 12.7. The molecular weight excluding hydrogens is 385 g/mol. The quantitative estimate of drug-likeness (QED) is 0.816. The molecule has 0 aliphatic carbocycles. The van der Waals surface area contributed by atoms with Crippen molar-refractivity contribution in [2.24, 2.45) is 0 Å². The molecule has 0 atom stereocenters. The molecule has 2 aromatic rings. The molecule has 27 heavy (non-hydrogen) atoms. The van der Waals surface area contributed by atoms with E-state index in [4.69, 9.17) is 23.2 Å². The molecule has 1 aromatic carbocycles. The first-order chi connectivity index (χ1) is 12.9. The van der Waals surface area contributed by atoms with Crippen LogP contribution in [-0.4, -0.2) is 50.7 Å². The van der Waals surface area contributed by atoms with Gasteiger partial charge in [-0.05, 0) is 38.8 Å². The fraction of sp³-hybridized carbons (Fsp3) is 0.526. The first-order valence-corrected chi connectivity index (χ1v) is 10.1. The molecule has 0 saturated carbocycles. The lowest BCUT2D eigenvalue weighted by molar-refractivity contribution is 0.0890. The van der Waals surface area contributed by atoms with Gasteiger partial charge in [0.25, 0.3) is 5.91 Å². The summed E-state index contributed by atoms with van der Waals surface area (Å²) in [5, 5.41) is 8.40. The van der Waals surface area contributed by atoms with Gasteiger partial charge < -0.3 is 10.2 Å². The van der Waals surface area contributed by atoms with E-state index in [1.165, 1.54) is 0 Å². The lowest BCUT2D eigenvalue weighted by Gasteiger charge is -2.34. The number of aromatic nitrogens is 3. The van der Waals surface area contributed by atoms with Gasteiger partial charge in [0, 0.05) is 31.6 Å². The van der Waals surface area contributed by atoms with Crippen LogP contribution in [0.15, 0.2) is 18.2 Å². The van der Waals surface area contributed by atoms with E-state index in [1.54, 1.807) is 22.9 Å². The predicted molar refractivity (Wildman–Crippen MR) is 108 cm³/mol. The number of benzene rings is 1. The zero-order valence-electron chi connectivity index (χ0n) is 15.9. The lowest BCUT2D eigenvalue weighted by Crippen LogP contribution is -2.46. The Morgan fingerprint density at radius 3 is 2.44 bits per heavy atom. The first-order valence-electron chi connectivity index (χ1n) is 9.36. The van der Waals surface area contributed by atoms with Crippen LogP contribution in [0.25, 0.3) is 5.69 Å². The third kappa shape index (κ3) is 4.45. The summed E-state index contributed by atoms with van der Waals surface area (Å²) in [5.41, 5.74) is 0.550. The molecule has 0 bridgehead atoms. The van der Waals surface area contributed by atoms with Crippen LogP contribution in [0.4, 0.5) is 0 Å². The first kappa shape index (κ1) is 20.1. The molecule has 1 N–H and O–H groups in total. The highest BCUT2D eigenvalue weighted by Crippen LogP contribution is 2.28. The third-order valence-corrected chi connectivity index (χ3v) is 5.55. The largest absolute Gasteiger partial charge is 0.346 e. The van der Waals surface area contributed by atoms with Crippen molar-refractivity contribution in [2.75, 3.05) is 13.1 Å². The number of likely N-dealkylation sites (tertiary alicyclic amines) is 1. The van der Waals surface area contributed by atoms with E-state index in [9.17, 15) is 4.79 Å². The summed E-state index contributed by atoms with van der Waals surface area (Å²) in [6, 6.07) is 5.94. The van der Waals surface area contributed by atoms with Crippen molar-refractivity contribution < 1.29 is 4.79 Å². The van der Waals surface area contributed by atoms with Crippen LogP contribution in [0.1, 0.15) is 50.1 Å². The zero-order chi connectivity index (χ0) is 19.6. The second-order valence-electron chi connectivity index (χ2n) is 7.06. The topological polar surface area (TPSA) is 63.1 Å². The summed E-state index contributed by atoms with van der Waals surface area (Å²) in [7, 11) is 0. The van der Waals surface area contributed by atoms with Crippen molar-refractivity contribution in [1.29, 1.82) is 0 Å². The normalized spacial score (nSPS) is 16.1. The van der Waals surface area contributed by atoms with Crippen molar-refractivity contribution in [3.05, 3.63) is 39.9 Å². The Balaban J connectivity index is 1.76. The van der Waals surface area contributed by atoms with Gasteiger partial charge in [-0.15, -0.1) is 5.10 Å². The molecule has 0 radical (unpaired) electrons. The predicted octanol–water partition coefficient (Wildman–Crippen LogP) is 3.74. The van der Waals surface area contributed by atoms with E-state index >= 15 is 0 Å². The molecule has 1 aliphatic heterocycles. The van der Waals surface area contributed by atoms with Crippen molar-refractivity contribution in [1.82, 2.24) is 25.0 Å². The molecule has 1 aliphatic rings. The van der Waals surface area contributed by atoms with Crippen LogP contribution in [0.5, 0.6) is 0 Å². The average Bonchev–Trinajstić information content (AvgIpc) is 3.06. The van der Waals surface area contributed by atoms with Crippen molar-refractivity contribution in [3.8, 4) is 5.69 Å². The van der Waals surface area contributed by atoms with E-state index in [2.05, 4.69) is 34.1 Å². The van der Waals surface area contributed by atoms with Crippen LogP contribution >= 0.6 is 23.2 Å². The molecule has 8 heteroatoms. The number of carbonyl (C=O) groups excluding carboxylic acids is 1. The Labute approximate surface area is 169 Å². The van der Waals surface area contributed by atoms with E-state index in [0.29, 0.717) is 34.0 Å². The number of nitrogens with one attached hydrogen (secondary N) is 1. The van der Waals surface area contributed by atoms with Crippen molar-refractivity contribution >= 4 is 29.1 Å². The van der Waals surface area contributed by atoms with Gasteiger partial charge in [0.2, 0.25) is 5.82 Å². The average molecular weight is 410 g/mol. The van der Waals surface area contributed by atoms with E-state index < -0.39 is 0 Å². The number of amides is 1. The standard InChI is InChI=1S/C19H25Cl2N5O/c1-4-16-23-18(24-26(16)17-14(20)6-5-7-15(17)21)19(27)22-13-8-10-25(11-9-13)12(2)3/h5-7,12-13H,4,8-11H2,1-3H3,(H,22,27). The second kappa shape index (κ2) is 8.59. The van der Waals surface area contributed by atoms with Gasteiger partial charge >= 0.3 is 0 Å². The molecule has 1 fully saturated rings. The van der Waals surface area contributed by atoms with Crippen LogP contribution in [0, 0.1) is 0 Å². The monoisotopic (exact) mass is 409 g/mol. The number of piperidine rings is 1. The van der Waals surface area contributed by atoms with Crippen molar-refractivity contribution in [3.63, 3.8) is 0 Å². The molecule has 0 spiro atoms. The van der Waals surface area contributed by atoms with Crippen LogP contribution < -0.4 is 5.32 Å². The highest BCUT2D eigenvalue weighted by molar-refractivity contribution is 6.37. The number of para-hydroxylation sites is 1. The number of hydrogen-bond acceptors (Lipinski definition) is 4. The number of nitrogens with zero attached hydrogens (tertiary/aromatic N) is 4. The van der Waals surface area contributed by atoms with Gasteiger partial charge in [0.15, 0.2) is 0 Å². The van der Waals surface area contributed by atoms with E-state index in [0.717, 1.165) is 25.9 Å². The minimum atomic E-state index is -0.255. The molecule has 2 heterocycles. The van der Waals surface area contributed by atoms with Gasteiger partial charge in [-0.3, -0.25) is 4.79 Å². The SMILES string of the molecule is CCc1nc(C(=O)NC2CCN(C(C)C)CC2)nn1-c1c(Cl)cccc1Cl.